The lowest BCUT2D eigenvalue weighted by molar-refractivity contribution is -0.139. The van der Waals surface area contributed by atoms with Crippen molar-refractivity contribution in [2.75, 3.05) is 20.6 Å². The first-order chi connectivity index (χ1) is 7.54. The van der Waals surface area contributed by atoms with Crippen molar-refractivity contribution in [3.05, 3.63) is 0 Å². The van der Waals surface area contributed by atoms with Crippen LogP contribution in [-0.2, 0) is 4.79 Å². The van der Waals surface area contributed by atoms with Crippen LogP contribution in [-0.4, -0.2) is 48.7 Å². The van der Waals surface area contributed by atoms with E-state index in [-0.39, 0.29) is 0 Å². The number of nitrogens with zero attached hydrogens (tertiary/aromatic N) is 1. The van der Waals surface area contributed by atoms with Crippen molar-refractivity contribution in [2.45, 2.75) is 44.7 Å². The highest BCUT2D eigenvalue weighted by Crippen LogP contribution is 2.26. The van der Waals surface area contributed by atoms with Crippen LogP contribution in [0.2, 0.25) is 0 Å². The lowest BCUT2D eigenvalue weighted by Crippen LogP contribution is -2.47. The molecule has 4 heteroatoms. The Labute approximate surface area is 98.0 Å². The van der Waals surface area contributed by atoms with Crippen LogP contribution in [0.1, 0.15) is 32.6 Å². The first-order valence-electron chi connectivity index (χ1n) is 6.15. The van der Waals surface area contributed by atoms with Crippen LogP contribution in [0, 0.1) is 5.92 Å². The zero-order chi connectivity index (χ0) is 12.1. The standard InChI is InChI=1S/C12H24N2O2/c1-9-4-6-10(7-5-9)14(3)8-11(13-2)12(15)16/h9-11,13H,4-8H2,1-3H3,(H,15,16). The molecule has 1 unspecified atom stereocenters. The van der Waals surface area contributed by atoms with Crippen LogP contribution in [0.4, 0.5) is 0 Å². The van der Waals surface area contributed by atoms with Crippen molar-refractivity contribution in [3.8, 4) is 0 Å². The summed E-state index contributed by atoms with van der Waals surface area (Å²) in [5, 5.41) is 11.8. The van der Waals surface area contributed by atoms with Gasteiger partial charge in [0.25, 0.3) is 0 Å². The molecule has 1 aliphatic carbocycles. The minimum absolute atomic E-state index is 0.454. The molecule has 0 aromatic heterocycles. The van der Waals surface area contributed by atoms with Gasteiger partial charge in [0.15, 0.2) is 0 Å². The highest BCUT2D eigenvalue weighted by Gasteiger charge is 2.25. The van der Waals surface area contributed by atoms with E-state index < -0.39 is 12.0 Å². The largest absolute Gasteiger partial charge is 0.480 e. The molecule has 4 nitrogen and oxygen atoms in total. The van der Waals surface area contributed by atoms with Crippen molar-refractivity contribution >= 4 is 5.97 Å². The molecule has 0 radical (unpaired) electrons. The summed E-state index contributed by atoms with van der Waals surface area (Å²) < 4.78 is 0. The Morgan fingerprint density at radius 2 is 2.00 bits per heavy atom. The van der Waals surface area contributed by atoms with Gasteiger partial charge in [0.05, 0.1) is 0 Å². The number of carboxylic acid groups (broad SMARTS) is 1. The Morgan fingerprint density at radius 1 is 1.44 bits per heavy atom. The fourth-order valence-corrected chi connectivity index (χ4v) is 2.41. The van der Waals surface area contributed by atoms with E-state index in [4.69, 9.17) is 5.11 Å². The van der Waals surface area contributed by atoms with Gasteiger partial charge in [0.1, 0.15) is 6.04 Å². The molecular formula is C12H24N2O2. The summed E-state index contributed by atoms with van der Waals surface area (Å²) in [5.41, 5.74) is 0. The van der Waals surface area contributed by atoms with Gasteiger partial charge in [-0.05, 0) is 45.7 Å². The van der Waals surface area contributed by atoms with Crippen LogP contribution in [0.3, 0.4) is 0 Å². The Morgan fingerprint density at radius 3 is 2.44 bits per heavy atom. The van der Waals surface area contributed by atoms with E-state index in [1.54, 1.807) is 7.05 Å². The van der Waals surface area contributed by atoms with Crippen molar-refractivity contribution in [1.82, 2.24) is 10.2 Å². The number of rotatable bonds is 5. The third kappa shape index (κ3) is 3.76. The summed E-state index contributed by atoms with van der Waals surface area (Å²) in [6, 6.07) is 0.107. The monoisotopic (exact) mass is 228 g/mol. The van der Waals surface area contributed by atoms with Crippen LogP contribution in [0.5, 0.6) is 0 Å². The number of nitrogens with one attached hydrogen (secondary N) is 1. The Hall–Kier alpha value is -0.610. The van der Waals surface area contributed by atoms with E-state index in [0.29, 0.717) is 12.6 Å². The summed E-state index contributed by atoms with van der Waals surface area (Å²) in [6.07, 6.45) is 4.94. The maximum atomic E-state index is 10.9. The number of hydrogen-bond donors (Lipinski definition) is 2. The zero-order valence-electron chi connectivity index (χ0n) is 10.6. The van der Waals surface area contributed by atoms with Crippen molar-refractivity contribution in [2.24, 2.45) is 5.92 Å². The first-order valence-corrected chi connectivity index (χ1v) is 6.15. The number of hydrogen-bond acceptors (Lipinski definition) is 3. The fourth-order valence-electron chi connectivity index (χ4n) is 2.41. The average Bonchev–Trinajstić information content (AvgIpc) is 2.26. The normalized spacial score (nSPS) is 28.0. The van der Waals surface area contributed by atoms with Gasteiger partial charge in [-0.2, -0.15) is 0 Å². The second-order valence-corrected chi connectivity index (χ2v) is 5.03. The summed E-state index contributed by atoms with van der Waals surface area (Å²) in [4.78, 5) is 13.1. The van der Waals surface area contributed by atoms with Crippen LogP contribution in [0.25, 0.3) is 0 Å². The van der Waals surface area contributed by atoms with E-state index in [2.05, 4.69) is 17.1 Å². The first kappa shape index (κ1) is 13.5. The second kappa shape index (κ2) is 6.21. The molecule has 1 atom stereocenters. The Kier molecular flexibility index (Phi) is 5.22. The Balaban J connectivity index is 2.39. The topological polar surface area (TPSA) is 52.6 Å². The molecule has 0 bridgehead atoms. The molecule has 0 heterocycles. The smallest absolute Gasteiger partial charge is 0.322 e. The summed E-state index contributed by atoms with van der Waals surface area (Å²) in [7, 11) is 3.74. The zero-order valence-corrected chi connectivity index (χ0v) is 10.6. The van der Waals surface area contributed by atoms with Crippen LogP contribution < -0.4 is 5.32 Å². The number of carbonyl (C=O) groups is 1. The molecule has 0 aliphatic heterocycles. The predicted octanol–water partition coefficient (Wildman–Crippen LogP) is 1.17. The summed E-state index contributed by atoms with van der Waals surface area (Å²) >= 11 is 0. The third-order valence-electron chi connectivity index (χ3n) is 3.73. The van der Waals surface area contributed by atoms with Gasteiger partial charge in [-0.1, -0.05) is 6.92 Å². The quantitative estimate of drug-likeness (QED) is 0.741. The highest BCUT2D eigenvalue weighted by atomic mass is 16.4. The lowest BCUT2D eigenvalue weighted by Gasteiger charge is -2.34. The van der Waals surface area contributed by atoms with Crippen molar-refractivity contribution in [3.63, 3.8) is 0 Å². The minimum Gasteiger partial charge on any atom is -0.480 e. The maximum Gasteiger partial charge on any atom is 0.322 e. The molecule has 16 heavy (non-hydrogen) atoms. The van der Waals surface area contributed by atoms with E-state index in [1.165, 1.54) is 25.7 Å². The molecule has 2 N–H and O–H groups in total. The van der Waals surface area contributed by atoms with E-state index in [9.17, 15) is 4.79 Å². The Bertz CT molecular complexity index is 225. The number of carboxylic acids is 1. The number of likely N-dealkylation sites (N-methyl/N-ethyl adjacent to an activating group) is 2. The molecule has 1 saturated carbocycles. The van der Waals surface area contributed by atoms with E-state index in [1.807, 2.05) is 7.05 Å². The number of aliphatic carboxylic acids is 1. The molecule has 0 spiro atoms. The second-order valence-electron chi connectivity index (χ2n) is 5.03. The third-order valence-corrected chi connectivity index (χ3v) is 3.73. The van der Waals surface area contributed by atoms with E-state index in [0.717, 1.165) is 5.92 Å². The SMILES string of the molecule is CNC(CN(C)C1CCC(C)CC1)C(=O)O. The maximum absolute atomic E-state index is 10.9. The fraction of sp³-hybridized carbons (Fsp3) is 0.917. The average molecular weight is 228 g/mol. The molecule has 0 amide bonds. The lowest BCUT2D eigenvalue weighted by atomic mass is 9.86. The molecular weight excluding hydrogens is 204 g/mol. The molecule has 0 saturated heterocycles. The molecule has 1 rings (SSSR count). The van der Waals surface area contributed by atoms with Gasteiger partial charge >= 0.3 is 5.97 Å². The van der Waals surface area contributed by atoms with Gasteiger partial charge in [0, 0.05) is 12.6 Å². The van der Waals surface area contributed by atoms with Crippen molar-refractivity contribution in [1.29, 1.82) is 0 Å². The van der Waals surface area contributed by atoms with Gasteiger partial charge in [-0.15, -0.1) is 0 Å². The summed E-state index contributed by atoms with van der Waals surface area (Å²) in [6.45, 7) is 2.88. The molecule has 94 valence electrons. The van der Waals surface area contributed by atoms with Crippen molar-refractivity contribution < 1.29 is 9.90 Å². The summed E-state index contributed by atoms with van der Waals surface area (Å²) in [5.74, 6) is 0.0720. The molecule has 0 aromatic carbocycles. The minimum atomic E-state index is -0.765. The van der Waals surface area contributed by atoms with Crippen LogP contribution >= 0.6 is 0 Å². The van der Waals surface area contributed by atoms with Gasteiger partial charge in [-0.3, -0.25) is 4.79 Å². The van der Waals surface area contributed by atoms with Gasteiger partial charge in [0.2, 0.25) is 0 Å². The molecule has 0 aromatic rings. The van der Waals surface area contributed by atoms with Gasteiger partial charge < -0.3 is 15.3 Å². The van der Waals surface area contributed by atoms with Gasteiger partial charge in [-0.25, -0.2) is 0 Å². The molecule has 1 fully saturated rings. The predicted molar refractivity (Wildman–Crippen MR) is 64.5 cm³/mol. The van der Waals surface area contributed by atoms with Crippen LogP contribution in [0.15, 0.2) is 0 Å². The highest BCUT2D eigenvalue weighted by molar-refractivity contribution is 5.73. The molecule has 1 aliphatic rings. The van der Waals surface area contributed by atoms with E-state index >= 15 is 0 Å².